The molecule has 0 aliphatic heterocycles. The Kier molecular flexibility index (Phi) is 7.79. The van der Waals surface area contributed by atoms with Gasteiger partial charge in [0.2, 0.25) is 0 Å². The number of benzene rings is 1. The van der Waals surface area contributed by atoms with Crippen molar-refractivity contribution in [2.24, 2.45) is 0 Å². The molecule has 1 aromatic carbocycles. The molecule has 18 heavy (non-hydrogen) atoms. The summed E-state index contributed by atoms with van der Waals surface area (Å²) >= 11 is 17.7. The zero-order valence-electron chi connectivity index (χ0n) is 10.1. The third kappa shape index (κ3) is 5.63. The summed E-state index contributed by atoms with van der Waals surface area (Å²) in [6.07, 6.45) is 0. The summed E-state index contributed by atoms with van der Waals surface area (Å²) in [4.78, 5) is 0. The molecular formula is C12H16Cl3NO2. The number of ether oxygens (including phenoxy) is 2. The molecule has 1 aromatic rings. The lowest BCUT2D eigenvalue weighted by atomic mass is 10.3. The molecule has 0 atom stereocenters. The molecule has 3 nitrogen and oxygen atoms in total. The van der Waals surface area contributed by atoms with Crippen LogP contribution in [0.2, 0.25) is 15.1 Å². The van der Waals surface area contributed by atoms with Crippen LogP contribution < -0.4 is 10.1 Å². The Morgan fingerprint density at radius 3 is 2.39 bits per heavy atom. The van der Waals surface area contributed by atoms with Gasteiger partial charge >= 0.3 is 0 Å². The van der Waals surface area contributed by atoms with E-state index in [-0.39, 0.29) is 0 Å². The highest BCUT2D eigenvalue weighted by molar-refractivity contribution is 6.43. The van der Waals surface area contributed by atoms with Gasteiger partial charge in [-0.15, -0.1) is 0 Å². The number of hydrogen-bond acceptors (Lipinski definition) is 3. The minimum Gasteiger partial charge on any atom is -0.491 e. The smallest absolute Gasteiger partial charge is 0.139 e. The Morgan fingerprint density at radius 1 is 1.00 bits per heavy atom. The van der Waals surface area contributed by atoms with Gasteiger partial charge in [-0.3, -0.25) is 0 Å². The van der Waals surface area contributed by atoms with Crippen LogP contribution >= 0.6 is 34.8 Å². The Bertz CT molecular complexity index is 375. The van der Waals surface area contributed by atoms with Gasteiger partial charge in [-0.25, -0.2) is 0 Å². The normalized spacial score (nSPS) is 10.7. The molecule has 1 rings (SSSR count). The van der Waals surface area contributed by atoms with Crippen molar-refractivity contribution in [3.63, 3.8) is 0 Å². The SMILES string of the molecule is CCOCCNCCOc1cc(Cl)c(Cl)cc1Cl. The Labute approximate surface area is 122 Å². The second-order valence-corrected chi connectivity index (χ2v) is 4.71. The Hall–Kier alpha value is -0.190. The van der Waals surface area contributed by atoms with Gasteiger partial charge in [0.05, 0.1) is 21.7 Å². The molecule has 0 saturated carbocycles. The Balaban J connectivity index is 2.25. The third-order valence-corrected chi connectivity index (χ3v) is 3.16. The number of hydrogen-bond donors (Lipinski definition) is 1. The van der Waals surface area contributed by atoms with Crippen LogP contribution in [0.3, 0.4) is 0 Å². The van der Waals surface area contributed by atoms with Crippen LogP contribution in [-0.2, 0) is 4.74 Å². The highest BCUT2D eigenvalue weighted by atomic mass is 35.5. The number of nitrogens with one attached hydrogen (secondary N) is 1. The van der Waals surface area contributed by atoms with Crippen LogP contribution in [0.1, 0.15) is 6.92 Å². The lowest BCUT2D eigenvalue weighted by Crippen LogP contribution is -2.25. The molecule has 0 fully saturated rings. The van der Waals surface area contributed by atoms with Crippen molar-refractivity contribution in [3.05, 3.63) is 27.2 Å². The van der Waals surface area contributed by atoms with E-state index in [0.717, 1.165) is 13.2 Å². The lowest BCUT2D eigenvalue weighted by Gasteiger charge is -2.10. The van der Waals surface area contributed by atoms with Gasteiger partial charge in [-0.05, 0) is 13.0 Å². The van der Waals surface area contributed by atoms with E-state index in [9.17, 15) is 0 Å². The molecule has 0 aliphatic rings. The molecule has 0 aliphatic carbocycles. The molecule has 6 heteroatoms. The van der Waals surface area contributed by atoms with Crippen molar-refractivity contribution in [1.29, 1.82) is 0 Å². The standard InChI is InChI=1S/C12H16Cl3NO2/c1-2-17-5-3-16-4-6-18-12-8-10(14)9(13)7-11(12)15/h7-8,16H,2-6H2,1H3. The van der Waals surface area contributed by atoms with Crippen molar-refractivity contribution in [1.82, 2.24) is 5.32 Å². The molecule has 102 valence electrons. The van der Waals surface area contributed by atoms with Crippen LogP contribution in [0, 0.1) is 0 Å². The van der Waals surface area contributed by atoms with E-state index in [1.165, 1.54) is 0 Å². The maximum atomic E-state index is 5.97. The molecule has 0 aromatic heterocycles. The van der Waals surface area contributed by atoms with Crippen LogP contribution in [0.15, 0.2) is 12.1 Å². The fourth-order valence-corrected chi connectivity index (χ4v) is 1.85. The van der Waals surface area contributed by atoms with E-state index in [1.54, 1.807) is 12.1 Å². The predicted octanol–water partition coefficient (Wildman–Crippen LogP) is 3.65. The first kappa shape index (κ1) is 15.9. The van der Waals surface area contributed by atoms with Crippen molar-refractivity contribution in [2.75, 3.05) is 32.9 Å². The summed E-state index contributed by atoms with van der Waals surface area (Å²) in [5, 5.41) is 4.49. The maximum absolute atomic E-state index is 5.97. The highest BCUT2D eigenvalue weighted by Crippen LogP contribution is 2.33. The van der Waals surface area contributed by atoms with Crippen LogP contribution in [0.5, 0.6) is 5.75 Å². The summed E-state index contributed by atoms with van der Waals surface area (Å²) in [5.41, 5.74) is 0. The van der Waals surface area contributed by atoms with E-state index in [1.807, 2.05) is 6.92 Å². The van der Waals surface area contributed by atoms with Gasteiger partial charge in [-0.1, -0.05) is 34.8 Å². The summed E-state index contributed by atoms with van der Waals surface area (Å²) in [5.74, 6) is 0.540. The molecule has 0 radical (unpaired) electrons. The molecule has 0 amide bonds. The minimum absolute atomic E-state index is 0.420. The summed E-state index contributed by atoms with van der Waals surface area (Å²) in [6.45, 7) is 5.41. The fraction of sp³-hybridized carbons (Fsp3) is 0.500. The third-order valence-electron chi connectivity index (χ3n) is 2.14. The van der Waals surface area contributed by atoms with Crippen molar-refractivity contribution in [3.8, 4) is 5.75 Å². The second-order valence-electron chi connectivity index (χ2n) is 3.49. The first-order chi connectivity index (χ1) is 8.65. The monoisotopic (exact) mass is 311 g/mol. The largest absolute Gasteiger partial charge is 0.491 e. The molecular weight excluding hydrogens is 296 g/mol. The Morgan fingerprint density at radius 2 is 1.67 bits per heavy atom. The van der Waals surface area contributed by atoms with Gasteiger partial charge < -0.3 is 14.8 Å². The molecule has 0 heterocycles. The van der Waals surface area contributed by atoms with Gasteiger partial charge in [0, 0.05) is 25.8 Å². The van der Waals surface area contributed by atoms with Gasteiger partial charge in [0.1, 0.15) is 12.4 Å². The summed E-state index contributed by atoms with van der Waals surface area (Å²) in [6, 6.07) is 3.19. The van der Waals surface area contributed by atoms with Crippen LogP contribution in [0.4, 0.5) is 0 Å². The zero-order chi connectivity index (χ0) is 13.4. The molecule has 1 N–H and O–H groups in total. The molecule has 0 spiro atoms. The molecule has 0 saturated heterocycles. The number of halogens is 3. The van der Waals surface area contributed by atoms with E-state index >= 15 is 0 Å². The van der Waals surface area contributed by atoms with Crippen molar-refractivity contribution >= 4 is 34.8 Å². The van der Waals surface area contributed by atoms with E-state index in [4.69, 9.17) is 44.3 Å². The van der Waals surface area contributed by atoms with E-state index < -0.39 is 0 Å². The maximum Gasteiger partial charge on any atom is 0.139 e. The van der Waals surface area contributed by atoms with Gasteiger partial charge in [0.25, 0.3) is 0 Å². The summed E-state index contributed by atoms with van der Waals surface area (Å²) < 4.78 is 10.7. The quantitative estimate of drug-likeness (QED) is 0.587. The molecule has 0 bridgehead atoms. The predicted molar refractivity (Wildman–Crippen MR) is 76.3 cm³/mol. The average Bonchev–Trinajstić information content (AvgIpc) is 2.34. The van der Waals surface area contributed by atoms with Crippen LogP contribution in [-0.4, -0.2) is 32.9 Å². The van der Waals surface area contributed by atoms with Gasteiger partial charge in [-0.2, -0.15) is 0 Å². The molecule has 0 unspecified atom stereocenters. The first-order valence-corrected chi connectivity index (χ1v) is 6.84. The summed E-state index contributed by atoms with van der Waals surface area (Å²) in [7, 11) is 0. The minimum atomic E-state index is 0.420. The first-order valence-electron chi connectivity index (χ1n) is 5.71. The van der Waals surface area contributed by atoms with Crippen molar-refractivity contribution in [2.45, 2.75) is 6.92 Å². The van der Waals surface area contributed by atoms with Crippen molar-refractivity contribution < 1.29 is 9.47 Å². The topological polar surface area (TPSA) is 30.5 Å². The number of rotatable bonds is 8. The van der Waals surface area contributed by atoms with Crippen LogP contribution in [0.25, 0.3) is 0 Å². The van der Waals surface area contributed by atoms with E-state index in [2.05, 4.69) is 5.32 Å². The second kappa shape index (κ2) is 8.83. The highest BCUT2D eigenvalue weighted by Gasteiger charge is 2.06. The lowest BCUT2D eigenvalue weighted by molar-refractivity contribution is 0.148. The van der Waals surface area contributed by atoms with Gasteiger partial charge in [0.15, 0.2) is 0 Å². The van der Waals surface area contributed by atoms with E-state index in [0.29, 0.717) is 40.6 Å². The fourth-order valence-electron chi connectivity index (χ4n) is 1.26. The zero-order valence-corrected chi connectivity index (χ0v) is 12.4. The average molecular weight is 313 g/mol.